The Balaban J connectivity index is 1.74. The first-order valence-electron chi connectivity index (χ1n) is 6.57. The third-order valence-corrected chi connectivity index (χ3v) is 4.22. The molecule has 1 aromatic carbocycles. The number of hydrogen-bond donors (Lipinski definition) is 0. The molecule has 0 N–H and O–H groups in total. The monoisotopic (exact) mass is 382 g/mol. The van der Waals surface area contributed by atoms with E-state index in [4.69, 9.17) is 0 Å². The van der Waals surface area contributed by atoms with Crippen LogP contribution >= 0.6 is 22.6 Å². The van der Waals surface area contributed by atoms with E-state index < -0.39 is 0 Å². The van der Waals surface area contributed by atoms with E-state index in [1.54, 1.807) is 11.9 Å². The summed E-state index contributed by atoms with van der Waals surface area (Å²) < 4.78 is 3.25. The van der Waals surface area contributed by atoms with Crippen LogP contribution in [0.15, 0.2) is 24.3 Å². The number of benzene rings is 1. The number of fused-ring (bicyclic) bond motifs is 1. The van der Waals surface area contributed by atoms with Crippen molar-refractivity contribution in [2.45, 2.75) is 25.9 Å². The van der Waals surface area contributed by atoms with Crippen molar-refractivity contribution in [1.82, 2.24) is 19.7 Å². The second-order valence-corrected chi connectivity index (χ2v) is 6.20. The molecule has 5 nitrogen and oxygen atoms in total. The van der Waals surface area contributed by atoms with Crippen molar-refractivity contribution < 1.29 is 4.79 Å². The molecule has 0 spiro atoms. The van der Waals surface area contributed by atoms with E-state index in [0.717, 1.165) is 34.6 Å². The first kappa shape index (κ1) is 13.5. The number of carbonyl (C=O) groups is 1. The Morgan fingerprint density at radius 2 is 2.10 bits per heavy atom. The Kier molecular flexibility index (Phi) is 3.73. The van der Waals surface area contributed by atoms with Gasteiger partial charge in [0.1, 0.15) is 5.82 Å². The van der Waals surface area contributed by atoms with Crippen LogP contribution in [0.3, 0.4) is 0 Å². The number of aryl methyl sites for hydroxylation is 1. The van der Waals surface area contributed by atoms with Gasteiger partial charge in [0.25, 0.3) is 5.91 Å². The Hall–Kier alpha value is -1.44. The summed E-state index contributed by atoms with van der Waals surface area (Å²) >= 11 is 2.23. The zero-order chi connectivity index (χ0) is 14.1. The second-order valence-electron chi connectivity index (χ2n) is 4.96. The molecule has 3 rings (SSSR count). The molecule has 0 unspecified atom stereocenters. The summed E-state index contributed by atoms with van der Waals surface area (Å²) in [6, 6.07) is 7.59. The molecule has 1 aromatic heterocycles. The van der Waals surface area contributed by atoms with E-state index >= 15 is 0 Å². The van der Waals surface area contributed by atoms with Crippen LogP contribution in [0.4, 0.5) is 0 Å². The van der Waals surface area contributed by atoms with Crippen LogP contribution in [-0.4, -0.2) is 32.6 Å². The Morgan fingerprint density at radius 3 is 2.85 bits per heavy atom. The molecule has 0 atom stereocenters. The van der Waals surface area contributed by atoms with Gasteiger partial charge < -0.3 is 9.47 Å². The zero-order valence-electron chi connectivity index (χ0n) is 11.2. The molecule has 0 fully saturated rings. The van der Waals surface area contributed by atoms with Crippen molar-refractivity contribution >= 4 is 28.5 Å². The molecule has 0 saturated heterocycles. The largest absolute Gasteiger partial charge is 0.334 e. The number of aromatic nitrogens is 3. The van der Waals surface area contributed by atoms with Crippen molar-refractivity contribution in [3.8, 4) is 0 Å². The molecular weight excluding hydrogens is 367 g/mol. The van der Waals surface area contributed by atoms with E-state index in [1.165, 1.54) is 0 Å². The van der Waals surface area contributed by atoms with Crippen LogP contribution in [0.2, 0.25) is 0 Å². The number of carbonyl (C=O) groups excluding carboxylic acids is 1. The van der Waals surface area contributed by atoms with Gasteiger partial charge in [-0.15, -0.1) is 10.2 Å². The van der Waals surface area contributed by atoms with Crippen LogP contribution in [0.5, 0.6) is 0 Å². The zero-order valence-corrected chi connectivity index (χ0v) is 13.4. The lowest BCUT2D eigenvalue weighted by Crippen LogP contribution is -2.27. The van der Waals surface area contributed by atoms with Crippen molar-refractivity contribution in [3.05, 3.63) is 45.0 Å². The minimum atomic E-state index is 0.0109. The predicted octanol–water partition coefficient (Wildman–Crippen LogP) is 2.10. The van der Waals surface area contributed by atoms with Crippen LogP contribution in [0.25, 0.3) is 0 Å². The minimum Gasteiger partial charge on any atom is -0.334 e. The fraction of sp³-hybridized carbons (Fsp3) is 0.357. The smallest absolute Gasteiger partial charge is 0.254 e. The average molecular weight is 382 g/mol. The topological polar surface area (TPSA) is 51.0 Å². The van der Waals surface area contributed by atoms with Crippen LogP contribution in [0.1, 0.15) is 28.4 Å². The molecule has 0 saturated carbocycles. The molecule has 6 heteroatoms. The minimum absolute atomic E-state index is 0.0109. The lowest BCUT2D eigenvalue weighted by atomic mass is 10.2. The SMILES string of the molecule is CN(Cc1nnc2n1CCC2)C(=O)c1ccc(I)cc1. The summed E-state index contributed by atoms with van der Waals surface area (Å²) in [6.45, 7) is 1.46. The van der Waals surface area contributed by atoms with Gasteiger partial charge in [0, 0.05) is 29.1 Å². The van der Waals surface area contributed by atoms with E-state index in [2.05, 4.69) is 37.4 Å². The lowest BCUT2D eigenvalue weighted by molar-refractivity contribution is 0.0780. The maximum Gasteiger partial charge on any atom is 0.254 e. The first-order chi connectivity index (χ1) is 9.65. The molecule has 1 aliphatic heterocycles. The molecule has 2 aromatic rings. The van der Waals surface area contributed by atoms with Gasteiger partial charge >= 0.3 is 0 Å². The van der Waals surface area contributed by atoms with Crippen molar-refractivity contribution in [3.63, 3.8) is 0 Å². The first-order valence-corrected chi connectivity index (χ1v) is 7.65. The predicted molar refractivity (Wildman–Crippen MR) is 83.3 cm³/mol. The average Bonchev–Trinajstić information content (AvgIpc) is 3.04. The van der Waals surface area contributed by atoms with Gasteiger partial charge in [-0.2, -0.15) is 0 Å². The number of rotatable bonds is 3. The molecule has 20 heavy (non-hydrogen) atoms. The maximum absolute atomic E-state index is 12.3. The van der Waals surface area contributed by atoms with E-state index in [-0.39, 0.29) is 5.91 Å². The number of nitrogens with zero attached hydrogens (tertiary/aromatic N) is 4. The van der Waals surface area contributed by atoms with E-state index in [1.807, 2.05) is 24.3 Å². The van der Waals surface area contributed by atoms with Crippen LogP contribution in [0, 0.1) is 3.57 Å². The highest BCUT2D eigenvalue weighted by Crippen LogP contribution is 2.16. The van der Waals surface area contributed by atoms with Gasteiger partial charge in [-0.1, -0.05) is 0 Å². The lowest BCUT2D eigenvalue weighted by Gasteiger charge is -2.17. The van der Waals surface area contributed by atoms with Gasteiger partial charge in [0.15, 0.2) is 5.82 Å². The fourth-order valence-electron chi connectivity index (χ4n) is 2.42. The molecular formula is C14H15IN4O. The fourth-order valence-corrected chi connectivity index (χ4v) is 2.78. The van der Waals surface area contributed by atoms with Crippen molar-refractivity contribution in [2.24, 2.45) is 0 Å². The molecule has 2 heterocycles. The molecule has 1 aliphatic rings. The third kappa shape index (κ3) is 2.56. The molecule has 0 bridgehead atoms. The second kappa shape index (κ2) is 5.51. The Morgan fingerprint density at radius 1 is 1.35 bits per heavy atom. The highest BCUT2D eigenvalue weighted by Gasteiger charge is 2.20. The normalized spacial score (nSPS) is 13.3. The highest BCUT2D eigenvalue weighted by atomic mass is 127. The number of halogens is 1. The van der Waals surface area contributed by atoms with Gasteiger partial charge in [-0.3, -0.25) is 4.79 Å². The number of hydrogen-bond acceptors (Lipinski definition) is 3. The van der Waals surface area contributed by atoms with Gasteiger partial charge in [0.2, 0.25) is 0 Å². The summed E-state index contributed by atoms with van der Waals surface area (Å²) in [7, 11) is 1.80. The summed E-state index contributed by atoms with van der Waals surface area (Å²) in [5, 5.41) is 8.35. The van der Waals surface area contributed by atoms with Gasteiger partial charge in [-0.25, -0.2) is 0 Å². The Labute approximate surface area is 131 Å². The Bertz CT molecular complexity index is 635. The van der Waals surface area contributed by atoms with Crippen molar-refractivity contribution in [1.29, 1.82) is 0 Å². The quantitative estimate of drug-likeness (QED) is 0.765. The summed E-state index contributed by atoms with van der Waals surface area (Å²) in [4.78, 5) is 14.0. The highest BCUT2D eigenvalue weighted by molar-refractivity contribution is 14.1. The van der Waals surface area contributed by atoms with Crippen LogP contribution in [-0.2, 0) is 19.5 Å². The summed E-state index contributed by atoms with van der Waals surface area (Å²) in [5.74, 6) is 1.92. The van der Waals surface area contributed by atoms with Gasteiger partial charge in [0.05, 0.1) is 6.54 Å². The maximum atomic E-state index is 12.3. The van der Waals surface area contributed by atoms with E-state index in [0.29, 0.717) is 12.1 Å². The molecule has 1 amide bonds. The summed E-state index contributed by atoms with van der Waals surface area (Å²) in [6.07, 6.45) is 2.11. The van der Waals surface area contributed by atoms with E-state index in [9.17, 15) is 4.79 Å². The molecule has 0 radical (unpaired) electrons. The number of amides is 1. The molecule has 104 valence electrons. The molecule has 0 aliphatic carbocycles. The van der Waals surface area contributed by atoms with Crippen LogP contribution < -0.4 is 0 Å². The standard InChI is InChI=1S/C14H15IN4O/c1-18(14(20)10-4-6-11(15)7-5-10)9-13-17-16-12-3-2-8-19(12)13/h4-7H,2-3,8-9H2,1H3. The van der Waals surface area contributed by atoms with Crippen molar-refractivity contribution in [2.75, 3.05) is 7.05 Å². The van der Waals surface area contributed by atoms with Gasteiger partial charge in [-0.05, 0) is 53.3 Å². The third-order valence-electron chi connectivity index (χ3n) is 3.50. The summed E-state index contributed by atoms with van der Waals surface area (Å²) in [5.41, 5.74) is 0.703.